The first-order valence-corrected chi connectivity index (χ1v) is 11.9. The second-order valence-electron chi connectivity index (χ2n) is 6.96. The zero-order valence-corrected chi connectivity index (χ0v) is 18.1. The van der Waals surface area contributed by atoms with Crippen molar-refractivity contribution in [2.24, 2.45) is 0 Å². The smallest absolute Gasteiger partial charge is 0.337 e. The van der Waals surface area contributed by atoms with Gasteiger partial charge in [0.15, 0.2) is 0 Å². The lowest BCUT2D eigenvalue weighted by atomic mass is 10.3. The van der Waals surface area contributed by atoms with E-state index in [1.807, 2.05) is 54.6 Å². The first kappa shape index (κ1) is 20.7. The summed E-state index contributed by atoms with van der Waals surface area (Å²) >= 11 is 0. The number of hydrogen-bond donors (Lipinski definition) is 0. The van der Waals surface area contributed by atoms with Crippen LogP contribution in [0, 0.1) is 0 Å². The van der Waals surface area contributed by atoms with Gasteiger partial charge in [0.1, 0.15) is 11.5 Å². The van der Waals surface area contributed by atoms with Crippen molar-refractivity contribution in [2.75, 3.05) is 7.11 Å². The Hall–Kier alpha value is -3.55. The van der Waals surface area contributed by atoms with E-state index in [4.69, 9.17) is 9.47 Å². The largest absolute Gasteiger partial charge is 0.497 e. The molecule has 0 aliphatic carbocycles. The monoisotopic (exact) mass is 426 g/mol. The highest BCUT2D eigenvalue weighted by atomic mass is 31.2. The van der Waals surface area contributed by atoms with E-state index in [-0.39, 0.29) is 5.97 Å². The molecule has 3 nitrogen and oxygen atoms in total. The normalized spacial score (nSPS) is 10.9. The van der Waals surface area contributed by atoms with E-state index >= 15 is 0 Å². The van der Waals surface area contributed by atoms with E-state index in [2.05, 4.69) is 36.4 Å². The molecule has 4 aromatic carbocycles. The second kappa shape index (κ2) is 9.51. The van der Waals surface area contributed by atoms with Gasteiger partial charge in [-0.3, -0.25) is 0 Å². The Balaban J connectivity index is 1.89. The van der Waals surface area contributed by atoms with Gasteiger partial charge in [-0.2, -0.15) is 0 Å². The van der Waals surface area contributed by atoms with Crippen LogP contribution in [0.25, 0.3) is 0 Å². The first-order valence-electron chi connectivity index (χ1n) is 10.00. The number of benzene rings is 4. The van der Waals surface area contributed by atoms with Crippen molar-refractivity contribution in [1.82, 2.24) is 0 Å². The van der Waals surface area contributed by atoms with E-state index in [0.717, 1.165) is 15.9 Å². The number of methoxy groups -OCH3 is 1. The Morgan fingerprint density at radius 2 is 1.00 bits per heavy atom. The van der Waals surface area contributed by atoms with Gasteiger partial charge in [0, 0.05) is 5.80 Å². The quantitative estimate of drug-likeness (QED) is 0.261. The Morgan fingerprint density at radius 3 is 1.39 bits per heavy atom. The van der Waals surface area contributed by atoms with E-state index in [9.17, 15) is 4.79 Å². The molecule has 154 valence electrons. The number of ether oxygens (including phenoxy) is 2. The number of esters is 1. The summed E-state index contributed by atoms with van der Waals surface area (Å²) in [4.78, 5) is 13.2. The molecular weight excluding hydrogens is 403 g/mol. The summed E-state index contributed by atoms with van der Waals surface area (Å²) in [5.74, 6) is 2.59. The molecular formula is C27H23O3P. The zero-order chi connectivity index (χ0) is 21.5. The Bertz CT molecular complexity index is 1080. The fraction of sp³-hybridized carbons (Fsp3) is 0.0370. The van der Waals surface area contributed by atoms with E-state index in [1.165, 1.54) is 0 Å². The van der Waals surface area contributed by atoms with E-state index in [1.54, 1.807) is 37.2 Å². The van der Waals surface area contributed by atoms with Crippen molar-refractivity contribution < 1.29 is 14.3 Å². The minimum absolute atomic E-state index is 0.380. The van der Waals surface area contributed by atoms with E-state index < -0.39 is 6.89 Å². The van der Waals surface area contributed by atoms with Crippen LogP contribution >= 0.6 is 6.89 Å². The maximum atomic E-state index is 13.2. The molecule has 0 radical (unpaired) electrons. The summed E-state index contributed by atoms with van der Waals surface area (Å²) in [6.45, 7) is -2.39. The summed E-state index contributed by atoms with van der Waals surface area (Å²) in [6, 6.07) is 37.6. The lowest BCUT2D eigenvalue weighted by molar-refractivity contribution is -0.126. The van der Waals surface area contributed by atoms with Crippen LogP contribution in [0.15, 0.2) is 115 Å². The van der Waals surface area contributed by atoms with Crippen molar-refractivity contribution in [2.45, 2.75) is 0 Å². The zero-order valence-electron chi connectivity index (χ0n) is 17.2. The third kappa shape index (κ3) is 4.47. The molecule has 0 N–H and O–H groups in total. The molecule has 4 heteroatoms. The molecule has 0 fully saturated rings. The van der Waals surface area contributed by atoms with Gasteiger partial charge in [0.25, 0.3) is 0 Å². The minimum Gasteiger partial charge on any atom is -0.497 e. The molecule has 0 aliphatic rings. The van der Waals surface area contributed by atoms with Crippen molar-refractivity contribution in [3.05, 3.63) is 115 Å². The maximum absolute atomic E-state index is 13.2. The highest BCUT2D eigenvalue weighted by molar-refractivity contribution is 7.95. The van der Waals surface area contributed by atoms with Gasteiger partial charge in [-0.25, -0.2) is 4.79 Å². The highest BCUT2D eigenvalue weighted by Crippen LogP contribution is 2.43. The molecule has 0 spiro atoms. The summed E-state index contributed by atoms with van der Waals surface area (Å²) in [6.07, 6.45) is 0. The molecule has 0 unspecified atom stereocenters. The SMILES string of the molecule is COc1ccc(OC(=O)C=P(c2ccccc2)(c2ccccc2)c2ccccc2)cc1. The summed E-state index contributed by atoms with van der Waals surface area (Å²) in [7, 11) is 1.60. The van der Waals surface area contributed by atoms with Crippen LogP contribution in [0.2, 0.25) is 0 Å². The maximum Gasteiger partial charge on any atom is 0.337 e. The number of rotatable bonds is 6. The summed E-state index contributed by atoms with van der Waals surface area (Å²) in [5, 5.41) is 3.29. The molecule has 0 aliphatic heterocycles. The standard InChI is InChI=1S/C27H23O3P/c1-29-22-17-19-23(20-18-22)30-27(28)21-31(24-11-5-2-6-12-24,25-13-7-3-8-14-25)26-15-9-4-10-16-26/h2-21H,1H3. The predicted octanol–water partition coefficient (Wildman–Crippen LogP) is 4.40. The molecule has 0 heterocycles. The Labute approximate surface area is 182 Å². The summed E-state index contributed by atoms with van der Waals surface area (Å²) < 4.78 is 10.9. The molecule has 0 bridgehead atoms. The average Bonchev–Trinajstić information content (AvgIpc) is 2.85. The molecule has 0 amide bonds. The third-order valence-corrected chi connectivity index (χ3v) is 9.00. The van der Waals surface area contributed by atoms with Gasteiger partial charge in [-0.05, 0) is 47.1 Å². The second-order valence-corrected chi connectivity index (χ2v) is 10.2. The van der Waals surface area contributed by atoms with Gasteiger partial charge in [-0.15, -0.1) is 0 Å². The van der Waals surface area contributed by atoms with Crippen molar-refractivity contribution in [1.29, 1.82) is 0 Å². The van der Waals surface area contributed by atoms with Gasteiger partial charge in [0.05, 0.1) is 7.11 Å². The van der Waals surface area contributed by atoms with Gasteiger partial charge in [0.2, 0.25) is 0 Å². The minimum atomic E-state index is -2.39. The highest BCUT2D eigenvalue weighted by Gasteiger charge is 2.26. The lowest BCUT2D eigenvalue weighted by Gasteiger charge is -2.28. The fourth-order valence-corrected chi connectivity index (χ4v) is 7.24. The van der Waals surface area contributed by atoms with Crippen molar-refractivity contribution >= 4 is 34.6 Å². The topological polar surface area (TPSA) is 35.5 Å². The van der Waals surface area contributed by atoms with Crippen LogP contribution in [0.4, 0.5) is 0 Å². The van der Waals surface area contributed by atoms with Crippen LogP contribution in [-0.4, -0.2) is 18.9 Å². The molecule has 0 saturated carbocycles. The van der Waals surface area contributed by atoms with Crippen LogP contribution in [0.3, 0.4) is 0 Å². The Morgan fingerprint density at radius 1 is 0.613 bits per heavy atom. The predicted molar refractivity (Wildman–Crippen MR) is 130 cm³/mol. The molecule has 0 atom stereocenters. The molecule has 4 rings (SSSR count). The van der Waals surface area contributed by atoms with Crippen molar-refractivity contribution in [3.63, 3.8) is 0 Å². The van der Waals surface area contributed by atoms with Crippen LogP contribution in [0.1, 0.15) is 0 Å². The summed E-state index contributed by atoms with van der Waals surface area (Å²) in [5.41, 5.74) is 0. The average molecular weight is 426 g/mol. The lowest BCUT2D eigenvalue weighted by Crippen LogP contribution is -2.29. The van der Waals surface area contributed by atoms with Crippen LogP contribution in [-0.2, 0) is 4.79 Å². The fourth-order valence-electron chi connectivity index (χ4n) is 3.60. The van der Waals surface area contributed by atoms with Gasteiger partial charge >= 0.3 is 5.97 Å². The third-order valence-electron chi connectivity index (χ3n) is 5.07. The van der Waals surface area contributed by atoms with Crippen LogP contribution < -0.4 is 25.4 Å². The number of carbonyl (C=O) groups is 1. The molecule has 0 saturated heterocycles. The van der Waals surface area contributed by atoms with E-state index in [0.29, 0.717) is 11.5 Å². The Kier molecular flexibility index (Phi) is 6.35. The first-order chi connectivity index (χ1) is 15.2. The number of hydrogen-bond acceptors (Lipinski definition) is 3. The van der Waals surface area contributed by atoms with Gasteiger partial charge < -0.3 is 9.47 Å². The molecule has 0 aromatic heterocycles. The van der Waals surface area contributed by atoms with Crippen LogP contribution in [0.5, 0.6) is 11.5 Å². The molecule has 4 aromatic rings. The van der Waals surface area contributed by atoms with Gasteiger partial charge in [-0.1, -0.05) is 91.0 Å². The number of carbonyl (C=O) groups excluding carboxylic acids is 1. The molecule has 31 heavy (non-hydrogen) atoms. The van der Waals surface area contributed by atoms with Crippen molar-refractivity contribution in [3.8, 4) is 11.5 Å².